The quantitative estimate of drug-likeness (QED) is 0.753. The molecule has 0 amide bonds. The van der Waals surface area contributed by atoms with E-state index in [1.807, 2.05) is 6.07 Å². The van der Waals surface area contributed by atoms with Crippen LogP contribution >= 0.6 is 31.9 Å². The van der Waals surface area contributed by atoms with Gasteiger partial charge in [-0.1, -0.05) is 15.9 Å². The van der Waals surface area contributed by atoms with Crippen molar-refractivity contribution in [1.82, 2.24) is 0 Å². The molecule has 0 radical (unpaired) electrons. The highest BCUT2D eigenvalue weighted by Crippen LogP contribution is 2.30. The van der Waals surface area contributed by atoms with Gasteiger partial charge in [-0.25, -0.2) is 0 Å². The molecule has 19 heavy (non-hydrogen) atoms. The maximum absolute atomic E-state index is 8.85. The van der Waals surface area contributed by atoms with Crippen molar-refractivity contribution < 1.29 is 0 Å². The molecule has 0 atom stereocenters. The highest BCUT2D eigenvalue weighted by atomic mass is 79.9. The standard InChI is InChI=1S/C15H12Br2N2/c1-9-5-12(6-10(2)15(9)17)19-14-4-3-11(8-18)7-13(14)16/h3-7,19H,1-2H3. The lowest BCUT2D eigenvalue weighted by Gasteiger charge is -2.12. The van der Waals surface area contributed by atoms with Crippen LogP contribution in [0.5, 0.6) is 0 Å². The lowest BCUT2D eigenvalue weighted by Crippen LogP contribution is -1.94. The number of nitrogens with zero attached hydrogens (tertiary/aromatic N) is 1. The minimum absolute atomic E-state index is 0.639. The van der Waals surface area contributed by atoms with E-state index in [9.17, 15) is 0 Å². The second-order valence-electron chi connectivity index (χ2n) is 4.36. The number of halogens is 2. The van der Waals surface area contributed by atoms with Gasteiger partial charge in [0, 0.05) is 14.6 Å². The third-order valence-corrected chi connectivity index (χ3v) is 4.72. The van der Waals surface area contributed by atoms with Crippen molar-refractivity contribution >= 4 is 43.2 Å². The highest BCUT2D eigenvalue weighted by Gasteiger charge is 2.05. The van der Waals surface area contributed by atoms with Gasteiger partial charge in [-0.15, -0.1) is 0 Å². The van der Waals surface area contributed by atoms with Crippen LogP contribution in [-0.2, 0) is 0 Å². The molecule has 0 heterocycles. The molecule has 2 aromatic carbocycles. The summed E-state index contributed by atoms with van der Waals surface area (Å²) in [5.74, 6) is 0. The molecule has 0 bridgehead atoms. The van der Waals surface area contributed by atoms with E-state index in [0.29, 0.717) is 5.56 Å². The lowest BCUT2D eigenvalue weighted by molar-refractivity contribution is 1.33. The van der Waals surface area contributed by atoms with Gasteiger partial charge in [-0.05, 0) is 71.2 Å². The largest absolute Gasteiger partial charge is 0.355 e. The first-order valence-corrected chi connectivity index (χ1v) is 7.33. The fraction of sp³-hybridized carbons (Fsp3) is 0.133. The molecule has 0 unspecified atom stereocenters. The summed E-state index contributed by atoms with van der Waals surface area (Å²) in [6.45, 7) is 4.13. The molecule has 0 aromatic heterocycles. The van der Waals surface area contributed by atoms with Gasteiger partial charge in [0.25, 0.3) is 0 Å². The Morgan fingerprint density at radius 2 is 1.68 bits per heavy atom. The fourth-order valence-electron chi connectivity index (χ4n) is 1.86. The highest BCUT2D eigenvalue weighted by molar-refractivity contribution is 9.11. The summed E-state index contributed by atoms with van der Waals surface area (Å²) in [4.78, 5) is 0. The maximum atomic E-state index is 8.85. The van der Waals surface area contributed by atoms with E-state index in [0.717, 1.165) is 20.3 Å². The van der Waals surface area contributed by atoms with Crippen molar-refractivity contribution in [2.45, 2.75) is 13.8 Å². The number of nitriles is 1. The number of rotatable bonds is 2. The zero-order valence-electron chi connectivity index (χ0n) is 10.6. The Morgan fingerprint density at radius 3 is 2.21 bits per heavy atom. The van der Waals surface area contributed by atoms with Gasteiger partial charge in [-0.2, -0.15) is 5.26 Å². The van der Waals surface area contributed by atoms with Crippen LogP contribution in [0.15, 0.2) is 39.3 Å². The summed E-state index contributed by atoms with van der Waals surface area (Å²) in [7, 11) is 0. The van der Waals surface area contributed by atoms with Gasteiger partial charge in [0.2, 0.25) is 0 Å². The summed E-state index contributed by atoms with van der Waals surface area (Å²) >= 11 is 7.03. The number of hydrogen-bond donors (Lipinski definition) is 1. The number of benzene rings is 2. The molecule has 96 valence electrons. The third kappa shape index (κ3) is 3.17. The summed E-state index contributed by atoms with van der Waals surface area (Å²) in [5, 5.41) is 12.2. The summed E-state index contributed by atoms with van der Waals surface area (Å²) in [6.07, 6.45) is 0. The first kappa shape index (κ1) is 14.1. The van der Waals surface area contributed by atoms with Crippen LogP contribution < -0.4 is 5.32 Å². The maximum Gasteiger partial charge on any atom is 0.0992 e. The van der Waals surface area contributed by atoms with E-state index in [4.69, 9.17) is 5.26 Å². The molecule has 0 spiro atoms. The topological polar surface area (TPSA) is 35.8 Å². The molecular formula is C15H12Br2N2. The van der Waals surface area contributed by atoms with Gasteiger partial charge in [-0.3, -0.25) is 0 Å². The van der Waals surface area contributed by atoms with Crippen LogP contribution in [0.2, 0.25) is 0 Å². The Hall–Kier alpha value is -1.31. The van der Waals surface area contributed by atoms with Crippen molar-refractivity contribution in [2.24, 2.45) is 0 Å². The van der Waals surface area contributed by atoms with Gasteiger partial charge in [0.15, 0.2) is 0 Å². The molecule has 2 nitrogen and oxygen atoms in total. The van der Waals surface area contributed by atoms with Crippen LogP contribution in [-0.4, -0.2) is 0 Å². The molecule has 0 saturated carbocycles. The molecule has 0 aliphatic heterocycles. The molecule has 4 heteroatoms. The molecule has 0 aliphatic carbocycles. The minimum atomic E-state index is 0.639. The van der Waals surface area contributed by atoms with Crippen molar-refractivity contribution in [1.29, 1.82) is 5.26 Å². The van der Waals surface area contributed by atoms with Crippen molar-refractivity contribution in [2.75, 3.05) is 5.32 Å². The molecule has 0 aliphatic rings. The average molecular weight is 380 g/mol. The molecule has 2 aromatic rings. The lowest BCUT2D eigenvalue weighted by atomic mass is 10.1. The predicted octanol–water partition coefficient (Wildman–Crippen LogP) is 5.44. The van der Waals surface area contributed by atoms with Crippen molar-refractivity contribution in [3.63, 3.8) is 0 Å². The Kier molecular flexibility index (Phi) is 4.28. The SMILES string of the molecule is Cc1cc(Nc2ccc(C#N)cc2Br)cc(C)c1Br. The van der Waals surface area contributed by atoms with Crippen LogP contribution in [0, 0.1) is 25.2 Å². The van der Waals surface area contributed by atoms with Crippen LogP contribution in [0.25, 0.3) is 0 Å². The zero-order chi connectivity index (χ0) is 14.0. The molecule has 2 rings (SSSR count). The number of aryl methyl sites for hydroxylation is 2. The zero-order valence-corrected chi connectivity index (χ0v) is 13.8. The number of hydrogen-bond acceptors (Lipinski definition) is 2. The summed E-state index contributed by atoms with van der Waals surface area (Å²) in [5.41, 5.74) is 4.99. The van der Waals surface area contributed by atoms with Crippen molar-refractivity contribution in [3.05, 3.63) is 56.0 Å². The molecular weight excluding hydrogens is 368 g/mol. The first-order chi connectivity index (χ1) is 9.01. The van der Waals surface area contributed by atoms with Gasteiger partial charge in [0.1, 0.15) is 0 Å². The minimum Gasteiger partial charge on any atom is -0.355 e. The predicted molar refractivity (Wildman–Crippen MR) is 85.8 cm³/mol. The monoisotopic (exact) mass is 378 g/mol. The van der Waals surface area contributed by atoms with Crippen molar-refractivity contribution in [3.8, 4) is 6.07 Å². The Labute approximate surface area is 129 Å². The number of anilines is 2. The third-order valence-electron chi connectivity index (χ3n) is 2.81. The summed E-state index contributed by atoms with van der Waals surface area (Å²) in [6, 6.07) is 11.8. The molecule has 1 N–H and O–H groups in total. The Morgan fingerprint density at radius 1 is 1.05 bits per heavy atom. The smallest absolute Gasteiger partial charge is 0.0992 e. The van der Waals surface area contributed by atoms with E-state index >= 15 is 0 Å². The normalized spacial score (nSPS) is 10.1. The van der Waals surface area contributed by atoms with Gasteiger partial charge >= 0.3 is 0 Å². The Bertz CT molecular complexity index is 649. The first-order valence-electron chi connectivity index (χ1n) is 5.74. The second-order valence-corrected chi connectivity index (χ2v) is 6.00. The van der Waals surface area contributed by atoms with E-state index in [1.54, 1.807) is 12.1 Å². The fourth-order valence-corrected chi connectivity index (χ4v) is 2.57. The van der Waals surface area contributed by atoms with Crippen LogP contribution in [0.3, 0.4) is 0 Å². The van der Waals surface area contributed by atoms with Gasteiger partial charge in [0.05, 0.1) is 17.3 Å². The number of nitrogens with one attached hydrogen (secondary N) is 1. The van der Waals surface area contributed by atoms with E-state index in [1.165, 1.54) is 11.1 Å². The van der Waals surface area contributed by atoms with E-state index in [-0.39, 0.29) is 0 Å². The summed E-state index contributed by atoms with van der Waals surface area (Å²) < 4.78 is 2.02. The van der Waals surface area contributed by atoms with E-state index in [2.05, 4.69) is 69.2 Å². The molecule has 0 saturated heterocycles. The molecule has 0 fully saturated rings. The van der Waals surface area contributed by atoms with Crippen LogP contribution in [0.1, 0.15) is 16.7 Å². The van der Waals surface area contributed by atoms with Gasteiger partial charge < -0.3 is 5.32 Å². The second kappa shape index (κ2) is 5.77. The Balaban J connectivity index is 2.34. The average Bonchev–Trinajstić information content (AvgIpc) is 2.38. The van der Waals surface area contributed by atoms with E-state index < -0.39 is 0 Å². The van der Waals surface area contributed by atoms with Crippen LogP contribution in [0.4, 0.5) is 11.4 Å².